The van der Waals surface area contributed by atoms with Gasteiger partial charge < -0.3 is 9.47 Å². The number of ether oxygens (including phenoxy) is 2. The predicted molar refractivity (Wildman–Crippen MR) is 92.5 cm³/mol. The highest BCUT2D eigenvalue weighted by atomic mass is 16.6. The lowest BCUT2D eigenvalue weighted by molar-refractivity contribution is -0.384. The minimum Gasteiger partial charge on any atom is -0.493 e. The van der Waals surface area contributed by atoms with Gasteiger partial charge in [-0.2, -0.15) is 5.10 Å². The maximum Gasteiger partial charge on any atom is 0.308 e. The summed E-state index contributed by atoms with van der Waals surface area (Å²) in [4.78, 5) is 33.1. The van der Waals surface area contributed by atoms with Crippen LogP contribution >= 0.6 is 0 Å². The smallest absolute Gasteiger partial charge is 0.308 e. The Morgan fingerprint density at radius 1 is 1.19 bits per heavy atom. The highest BCUT2D eigenvalue weighted by molar-refractivity contribution is 5.95. The van der Waals surface area contributed by atoms with Crippen molar-refractivity contribution in [1.29, 1.82) is 0 Å². The molecule has 2 aromatic rings. The van der Waals surface area contributed by atoms with Crippen molar-refractivity contribution >= 4 is 23.8 Å². The first kappa shape index (κ1) is 18.6. The van der Waals surface area contributed by atoms with Gasteiger partial charge in [0, 0.05) is 24.6 Å². The number of carbonyl (C=O) groups excluding carboxylic acids is 2. The Balaban J connectivity index is 2.08. The van der Waals surface area contributed by atoms with Crippen molar-refractivity contribution in [2.24, 2.45) is 5.10 Å². The summed E-state index contributed by atoms with van der Waals surface area (Å²) in [7, 11) is 1.42. The first-order valence-corrected chi connectivity index (χ1v) is 7.35. The number of nitro groups is 1. The van der Waals surface area contributed by atoms with Crippen molar-refractivity contribution in [2.75, 3.05) is 7.11 Å². The number of hydrogen-bond donors (Lipinski definition) is 1. The molecule has 0 saturated heterocycles. The third kappa shape index (κ3) is 4.87. The first-order chi connectivity index (χ1) is 12.4. The fourth-order valence-corrected chi connectivity index (χ4v) is 1.99. The van der Waals surface area contributed by atoms with Crippen LogP contribution in [0.15, 0.2) is 47.6 Å². The maximum absolute atomic E-state index is 12.0. The van der Waals surface area contributed by atoms with Crippen molar-refractivity contribution in [2.45, 2.75) is 6.92 Å². The summed E-state index contributed by atoms with van der Waals surface area (Å²) in [5.41, 5.74) is 2.78. The number of nitro benzene ring substituents is 1. The summed E-state index contributed by atoms with van der Waals surface area (Å²) >= 11 is 0. The van der Waals surface area contributed by atoms with Gasteiger partial charge in [-0.1, -0.05) is 6.07 Å². The zero-order valence-electron chi connectivity index (χ0n) is 14.0. The average molecular weight is 357 g/mol. The lowest BCUT2D eigenvalue weighted by atomic mass is 10.2. The molecule has 2 aromatic carbocycles. The number of benzene rings is 2. The van der Waals surface area contributed by atoms with Gasteiger partial charge in [0.05, 0.1) is 18.2 Å². The molecule has 0 spiro atoms. The number of methoxy groups -OCH3 is 1. The van der Waals surface area contributed by atoms with Gasteiger partial charge in [0.2, 0.25) is 0 Å². The van der Waals surface area contributed by atoms with Crippen LogP contribution in [0.4, 0.5) is 5.69 Å². The lowest BCUT2D eigenvalue weighted by Gasteiger charge is -2.08. The van der Waals surface area contributed by atoms with Crippen molar-refractivity contribution in [3.05, 3.63) is 63.7 Å². The second-order valence-corrected chi connectivity index (χ2v) is 5.01. The molecular formula is C17H15N3O6. The fraction of sp³-hybridized carbons (Fsp3) is 0.118. The molecule has 0 fully saturated rings. The zero-order chi connectivity index (χ0) is 19.1. The van der Waals surface area contributed by atoms with Crippen LogP contribution in [-0.4, -0.2) is 30.1 Å². The molecule has 0 aromatic heterocycles. The molecule has 0 radical (unpaired) electrons. The van der Waals surface area contributed by atoms with Crippen LogP contribution in [0.25, 0.3) is 0 Å². The predicted octanol–water partition coefficient (Wildman–Crippen LogP) is 2.29. The highest BCUT2D eigenvalue weighted by Crippen LogP contribution is 2.27. The van der Waals surface area contributed by atoms with Crippen LogP contribution in [0.3, 0.4) is 0 Å². The Hall–Kier alpha value is -3.75. The van der Waals surface area contributed by atoms with E-state index < -0.39 is 16.8 Å². The second-order valence-electron chi connectivity index (χ2n) is 5.01. The van der Waals surface area contributed by atoms with Crippen LogP contribution in [0.5, 0.6) is 11.5 Å². The minimum atomic E-state index is -0.589. The lowest BCUT2D eigenvalue weighted by Crippen LogP contribution is -2.17. The third-order valence-corrected chi connectivity index (χ3v) is 3.14. The van der Waals surface area contributed by atoms with Crippen molar-refractivity contribution < 1.29 is 24.0 Å². The summed E-state index contributed by atoms with van der Waals surface area (Å²) in [6.07, 6.45) is 1.36. The molecule has 0 aliphatic rings. The quantitative estimate of drug-likeness (QED) is 0.278. The number of nitrogens with one attached hydrogen (secondary N) is 1. The molecule has 26 heavy (non-hydrogen) atoms. The number of non-ortho nitro benzene ring substituents is 1. The SMILES string of the molecule is COc1cc(/C=N/NC(=O)c2cccc([N+](=O)[O-])c2)ccc1OC(C)=O. The number of rotatable bonds is 6. The van der Waals surface area contributed by atoms with Crippen molar-refractivity contribution in [3.8, 4) is 11.5 Å². The van der Waals surface area contributed by atoms with E-state index in [1.54, 1.807) is 12.1 Å². The van der Waals surface area contributed by atoms with Crippen LogP contribution in [0.1, 0.15) is 22.8 Å². The summed E-state index contributed by atoms with van der Waals surface area (Å²) in [5.74, 6) is -0.477. The third-order valence-electron chi connectivity index (χ3n) is 3.14. The average Bonchev–Trinajstić information content (AvgIpc) is 2.62. The standard InChI is InChI=1S/C17H15N3O6/c1-11(21)26-15-7-6-12(8-16(15)25-2)10-18-19-17(22)13-4-3-5-14(9-13)20(23)24/h3-10H,1-2H3,(H,19,22)/b18-10+. The molecule has 134 valence electrons. The first-order valence-electron chi connectivity index (χ1n) is 7.35. The van der Waals surface area contributed by atoms with Gasteiger partial charge in [0.1, 0.15) is 0 Å². The summed E-state index contributed by atoms with van der Waals surface area (Å²) in [6.45, 7) is 1.28. The van der Waals surface area contributed by atoms with Crippen LogP contribution in [0.2, 0.25) is 0 Å². The molecule has 0 bridgehead atoms. The molecule has 2 rings (SSSR count). The van der Waals surface area contributed by atoms with E-state index in [0.29, 0.717) is 11.3 Å². The topological polar surface area (TPSA) is 120 Å². The molecule has 0 aliphatic heterocycles. The zero-order valence-corrected chi connectivity index (χ0v) is 14.0. The highest BCUT2D eigenvalue weighted by Gasteiger charge is 2.11. The summed E-state index contributed by atoms with van der Waals surface area (Å²) in [6, 6.07) is 10.0. The van der Waals surface area contributed by atoms with E-state index >= 15 is 0 Å². The fourth-order valence-electron chi connectivity index (χ4n) is 1.99. The van der Waals surface area contributed by atoms with Gasteiger partial charge in [-0.3, -0.25) is 19.7 Å². The molecular weight excluding hydrogens is 342 g/mol. The number of hydrogen-bond acceptors (Lipinski definition) is 7. The molecule has 0 atom stereocenters. The van der Waals surface area contributed by atoms with Gasteiger partial charge in [-0.25, -0.2) is 5.43 Å². The maximum atomic E-state index is 12.0. The van der Waals surface area contributed by atoms with Gasteiger partial charge in [-0.05, 0) is 29.8 Å². The van der Waals surface area contributed by atoms with E-state index in [2.05, 4.69) is 10.5 Å². The molecule has 9 nitrogen and oxygen atoms in total. The number of nitrogens with zero attached hydrogens (tertiary/aromatic N) is 2. The number of carbonyl (C=O) groups is 2. The number of esters is 1. The van der Waals surface area contributed by atoms with E-state index in [0.717, 1.165) is 6.07 Å². The molecule has 1 amide bonds. The van der Waals surface area contributed by atoms with Crippen LogP contribution < -0.4 is 14.9 Å². The molecule has 9 heteroatoms. The molecule has 0 heterocycles. The van der Waals surface area contributed by atoms with Crippen molar-refractivity contribution in [3.63, 3.8) is 0 Å². The van der Waals surface area contributed by atoms with Gasteiger partial charge in [0.25, 0.3) is 11.6 Å². The Labute approximate surface area is 148 Å². The Bertz CT molecular complexity index is 879. The van der Waals surface area contributed by atoms with E-state index in [1.807, 2.05) is 0 Å². The largest absolute Gasteiger partial charge is 0.493 e. The minimum absolute atomic E-state index is 0.110. The molecule has 1 N–H and O–H groups in total. The van der Waals surface area contributed by atoms with Crippen LogP contribution in [0, 0.1) is 10.1 Å². The van der Waals surface area contributed by atoms with Gasteiger partial charge in [-0.15, -0.1) is 0 Å². The van der Waals surface area contributed by atoms with E-state index in [4.69, 9.17) is 9.47 Å². The van der Waals surface area contributed by atoms with E-state index in [9.17, 15) is 19.7 Å². The van der Waals surface area contributed by atoms with Gasteiger partial charge >= 0.3 is 5.97 Å². The number of hydrazone groups is 1. The molecule has 0 aliphatic carbocycles. The number of amides is 1. The Morgan fingerprint density at radius 2 is 1.96 bits per heavy atom. The summed E-state index contributed by atoms with van der Waals surface area (Å²) < 4.78 is 10.1. The van der Waals surface area contributed by atoms with Gasteiger partial charge in [0.15, 0.2) is 11.5 Å². The monoisotopic (exact) mass is 357 g/mol. The van der Waals surface area contributed by atoms with E-state index in [1.165, 1.54) is 44.5 Å². The van der Waals surface area contributed by atoms with E-state index in [-0.39, 0.29) is 17.0 Å². The summed E-state index contributed by atoms with van der Waals surface area (Å²) in [5, 5.41) is 14.5. The Kier molecular flexibility index (Phi) is 5.99. The molecule has 0 saturated carbocycles. The van der Waals surface area contributed by atoms with Crippen molar-refractivity contribution in [1.82, 2.24) is 5.43 Å². The Morgan fingerprint density at radius 3 is 2.62 bits per heavy atom. The second kappa shape index (κ2) is 8.38. The van der Waals surface area contributed by atoms with Crippen LogP contribution in [-0.2, 0) is 4.79 Å². The normalized spacial score (nSPS) is 10.4. The molecule has 0 unspecified atom stereocenters.